The summed E-state index contributed by atoms with van der Waals surface area (Å²) in [5.41, 5.74) is -0.644. The van der Waals surface area contributed by atoms with Gasteiger partial charge in [0.15, 0.2) is 0 Å². The van der Waals surface area contributed by atoms with Crippen molar-refractivity contribution in [1.82, 2.24) is 0 Å². The fourth-order valence-electron chi connectivity index (χ4n) is 1.42. The van der Waals surface area contributed by atoms with Crippen molar-refractivity contribution in [3.8, 4) is 5.75 Å². The second-order valence-electron chi connectivity index (χ2n) is 3.65. The van der Waals surface area contributed by atoms with Crippen LogP contribution < -0.4 is 4.74 Å². The molecule has 1 saturated carbocycles. The van der Waals surface area contributed by atoms with Crippen LogP contribution in [0.3, 0.4) is 0 Å². The zero-order valence-corrected chi connectivity index (χ0v) is 9.49. The molecule has 0 saturated heterocycles. The molecular weight excluding hydrogens is 237 g/mol. The van der Waals surface area contributed by atoms with E-state index in [1.54, 1.807) is 12.3 Å². The second-order valence-corrected chi connectivity index (χ2v) is 4.50. The molecule has 1 nitrogen and oxygen atoms in total. The lowest BCUT2D eigenvalue weighted by atomic mass is 10.2. The number of hydrogen-bond acceptors (Lipinski definition) is 2. The fraction of sp³-hybridized carbons (Fsp3) is 0.455. The summed E-state index contributed by atoms with van der Waals surface area (Å²) in [4.78, 5) is 0.214. The van der Waals surface area contributed by atoms with E-state index in [2.05, 4.69) is 0 Å². The standard InChI is InChI=1S/C11H11F3OS/c1-16-9-4-2-3-8(15-7-5-6-7)10(9)11(12,13)14/h2-4,7H,5-6H2,1H3. The normalized spacial score (nSPS) is 16.2. The van der Waals surface area contributed by atoms with Crippen molar-refractivity contribution in [1.29, 1.82) is 0 Å². The molecule has 0 spiro atoms. The zero-order valence-electron chi connectivity index (χ0n) is 8.67. The molecule has 1 aliphatic carbocycles. The van der Waals surface area contributed by atoms with Gasteiger partial charge in [-0.15, -0.1) is 11.8 Å². The maximum Gasteiger partial charge on any atom is 0.421 e. The summed E-state index contributed by atoms with van der Waals surface area (Å²) >= 11 is 1.08. The number of benzene rings is 1. The highest BCUT2D eigenvalue weighted by molar-refractivity contribution is 7.98. The molecule has 5 heteroatoms. The van der Waals surface area contributed by atoms with Crippen molar-refractivity contribution in [3.63, 3.8) is 0 Å². The average molecular weight is 248 g/mol. The maximum absolute atomic E-state index is 12.9. The first-order valence-corrected chi connectivity index (χ1v) is 6.15. The Balaban J connectivity index is 2.41. The lowest BCUT2D eigenvalue weighted by Gasteiger charge is -2.16. The van der Waals surface area contributed by atoms with Gasteiger partial charge in [0.05, 0.1) is 6.10 Å². The molecule has 1 aliphatic rings. The van der Waals surface area contributed by atoms with Gasteiger partial charge in [0.1, 0.15) is 11.3 Å². The van der Waals surface area contributed by atoms with Crippen LogP contribution >= 0.6 is 11.8 Å². The Hall–Kier alpha value is -0.840. The van der Waals surface area contributed by atoms with Gasteiger partial charge in [0, 0.05) is 4.90 Å². The van der Waals surface area contributed by atoms with E-state index in [4.69, 9.17) is 4.74 Å². The van der Waals surface area contributed by atoms with Gasteiger partial charge in [-0.1, -0.05) is 6.07 Å². The molecule has 0 N–H and O–H groups in total. The number of thioether (sulfide) groups is 1. The van der Waals surface area contributed by atoms with Crippen molar-refractivity contribution < 1.29 is 17.9 Å². The minimum Gasteiger partial charge on any atom is -0.490 e. The first-order valence-electron chi connectivity index (χ1n) is 4.93. The smallest absolute Gasteiger partial charge is 0.421 e. The summed E-state index contributed by atoms with van der Waals surface area (Å²) in [6.07, 6.45) is -1.06. The molecule has 0 heterocycles. The van der Waals surface area contributed by atoms with Crippen molar-refractivity contribution in [3.05, 3.63) is 23.8 Å². The van der Waals surface area contributed by atoms with Crippen LogP contribution in [0.2, 0.25) is 0 Å². The van der Waals surface area contributed by atoms with Crippen LogP contribution in [-0.4, -0.2) is 12.4 Å². The second kappa shape index (κ2) is 4.20. The predicted octanol–water partition coefficient (Wildman–Crippen LogP) is 3.97. The van der Waals surface area contributed by atoms with Crippen LogP contribution in [-0.2, 0) is 6.18 Å². The topological polar surface area (TPSA) is 9.23 Å². The molecule has 16 heavy (non-hydrogen) atoms. The van der Waals surface area contributed by atoms with E-state index in [1.165, 1.54) is 12.1 Å². The van der Waals surface area contributed by atoms with Gasteiger partial charge in [0.2, 0.25) is 0 Å². The lowest BCUT2D eigenvalue weighted by molar-refractivity contribution is -0.141. The molecule has 0 radical (unpaired) electrons. The van der Waals surface area contributed by atoms with E-state index in [9.17, 15) is 13.2 Å². The molecule has 88 valence electrons. The Morgan fingerprint density at radius 1 is 1.31 bits per heavy atom. The van der Waals surface area contributed by atoms with Gasteiger partial charge in [-0.05, 0) is 31.2 Å². The van der Waals surface area contributed by atoms with Gasteiger partial charge in [-0.3, -0.25) is 0 Å². The SMILES string of the molecule is CSc1cccc(OC2CC2)c1C(F)(F)F. The van der Waals surface area contributed by atoms with E-state index in [0.717, 1.165) is 24.6 Å². The fourth-order valence-corrected chi connectivity index (χ4v) is 2.06. The summed E-state index contributed by atoms with van der Waals surface area (Å²) in [7, 11) is 0. The van der Waals surface area contributed by atoms with E-state index in [0.29, 0.717) is 0 Å². The minimum absolute atomic E-state index is 0.0294. The highest BCUT2D eigenvalue weighted by Crippen LogP contribution is 2.43. The van der Waals surface area contributed by atoms with E-state index < -0.39 is 11.7 Å². The summed E-state index contributed by atoms with van der Waals surface area (Å²) < 4.78 is 43.9. The molecule has 1 aromatic carbocycles. The minimum atomic E-state index is -4.36. The van der Waals surface area contributed by atoms with E-state index in [1.807, 2.05) is 0 Å². The summed E-state index contributed by atoms with van der Waals surface area (Å²) in [6, 6.07) is 4.45. The molecule has 0 unspecified atom stereocenters. The summed E-state index contributed by atoms with van der Waals surface area (Å²) in [5.74, 6) is -0.0400. The van der Waals surface area contributed by atoms with Gasteiger partial charge in [0.25, 0.3) is 0 Å². The first kappa shape index (κ1) is 11.6. The lowest BCUT2D eigenvalue weighted by Crippen LogP contribution is -2.11. The van der Waals surface area contributed by atoms with Gasteiger partial charge in [-0.2, -0.15) is 13.2 Å². The summed E-state index contributed by atoms with van der Waals surface area (Å²) in [6.45, 7) is 0. The van der Waals surface area contributed by atoms with Crippen molar-refractivity contribution >= 4 is 11.8 Å². The molecule has 2 rings (SSSR count). The molecule has 0 bridgehead atoms. The monoisotopic (exact) mass is 248 g/mol. The average Bonchev–Trinajstić information content (AvgIpc) is 2.99. The number of ether oxygens (including phenoxy) is 1. The third kappa shape index (κ3) is 2.45. The summed E-state index contributed by atoms with van der Waals surface area (Å²) in [5, 5.41) is 0. The van der Waals surface area contributed by atoms with Crippen LogP contribution in [0.4, 0.5) is 13.2 Å². The Kier molecular flexibility index (Phi) is 3.06. The van der Waals surface area contributed by atoms with E-state index >= 15 is 0 Å². The van der Waals surface area contributed by atoms with E-state index in [-0.39, 0.29) is 16.7 Å². The van der Waals surface area contributed by atoms with Crippen molar-refractivity contribution in [2.24, 2.45) is 0 Å². The van der Waals surface area contributed by atoms with Crippen molar-refractivity contribution in [2.75, 3.05) is 6.26 Å². The molecule has 0 atom stereocenters. The van der Waals surface area contributed by atoms with Crippen LogP contribution in [0, 0.1) is 0 Å². The highest BCUT2D eigenvalue weighted by atomic mass is 32.2. The van der Waals surface area contributed by atoms with Gasteiger partial charge < -0.3 is 4.74 Å². The van der Waals surface area contributed by atoms with Gasteiger partial charge in [-0.25, -0.2) is 0 Å². The molecule has 1 fully saturated rings. The van der Waals surface area contributed by atoms with Crippen LogP contribution in [0.25, 0.3) is 0 Å². The Labute approximate surface area is 96.0 Å². The van der Waals surface area contributed by atoms with Gasteiger partial charge >= 0.3 is 6.18 Å². The molecule has 0 amide bonds. The molecule has 0 aromatic heterocycles. The maximum atomic E-state index is 12.9. The Morgan fingerprint density at radius 2 is 2.00 bits per heavy atom. The quantitative estimate of drug-likeness (QED) is 0.748. The predicted molar refractivity (Wildman–Crippen MR) is 56.9 cm³/mol. The third-order valence-electron chi connectivity index (χ3n) is 2.31. The van der Waals surface area contributed by atoms with Crippen LogP contribution in [0.5, 0.6) is 5.75 Å². The first-order chi connectivity index (χ1) is 7.52. The van der Waals surface area contributed by atoms with Crippen LogP contribution in [0.1, 0.15) is 18.4 Å². The molecule has 1 aromatic rings. The Morgan fingerprint density at radius 3 is 2.50 bits per heavy atom. The number of alkyl halides is 3. The third-order valence-corrected chi connectivity index (χ3v) is 3.09. The largest absolute Gasteiger partial charge is 0.490 e. The number of rotatable bonds is 3. The van der Waals surface area contributed by atoms with Crippen molar-refractivity contribution in [2.45, 2.75) is 30.0 Å². The van der Waals surface area contributed by atoms with Crippen LogP contribution in [0.15, 0.2) is 23.1 Å². The number of halogens is 3. The Bertz CT molecular complexity index is 385. The molecule has 0 aliphatic heterocycles. The zero-order chi connectivity index (χ0) is 11.8. The molecular formula is C11H11F3OS. The number of hydrogen-bond donors (Lipinski definition) is 0. The highest BCUT2D eigenvalue weighted by Gasteiger charge is 2.38.